The van der Waals surface area contributed by atoms with Crippen LogP contribution in [0.2, 0.25) is 0 Å². The van der Waals surface area contributed by atoms with Gasteiger partial charge in [-0.3, -0.25) is 4.79 Å². The third-order valence-corrected chi connectivity index (χ3v) is 4.22. The maximum atomic E-state index is 12.4. The summed E-state index contributed by atoms with van der Waals surface area (Å²) in [5.74, 6) is 0.602. The fourth-order valence-electron chi connectivity index (χ4n) is 2.75. The number of aromatic hydroxyl groups is 2. The van der Waals surface area contributed by atoms with Crippen LogP contribution >= 0.6 is 15.9 Å². The van der Waals surface area contributed by atoms with Crippen LogP contribution in [-0.2, 0) is 0 Å². The van der Waals surface area contributed by atoms with E-state index in [0.717, 1.165) is 0 Å². The lowest BCUT2D eigenvalue weighted by Gasteiger charge is -2.26. The highest BCUT2D eigenvalue weighted by Gasteiger charge is 2.31. The van der Waals surface area contributed by atoms with Gasteiger partial charge in [0.1, 0.15) is 28.9 Å². The zero-order chi connectivity index (χ0) is 18.0. The topological polar surface area (TPSA) is 85.2 Å². The van der Waals surface area contributed by atoms with Crippen molar-refractivity contribution in [2.75, 3.05) is 19.0 Å². The van der Waals surface area contributed by atoms with Gasteiger partial charge in [0, 0.05) is 17.5 Å². The number of halogens is 1. The molecule has 7 heteroatoms. The molecule has 1 unspecified atom stereocenters. The molecule has 0 amide bonds. The molecule has 1 aliphatic heterocycles. The number of carbonyl (C=O) groups is 1. The van der Waals surface area contributed by atoms with Gasteiger partial charge in [-0.25, -0.2) is 0 Å². The molecule has 2 N–H and O–H groups in total. The number of rotatable bonds is 5. The van der Waals surface area contributed by atoms with Gasteiger partial charge in [-0.2, -0.15) is 0 Å². The zero-order valence-corrected chi connectivity index (χ0v) is 15.1. The predicted molar refractivity (Wildman–Crippen MR) is 94.4 cm³/mol. The maximum absolute atomic E-state index is 12.4. The van der Waals surface area contributed by atoms with Gasteiger partial charge in [0.25, 0.3) is 0 Å². The van der Waals surface area contributed by atoms with Crippen LogP contribution in [-0.4, -0.2) is 35.0 Å². The van der Waals surface area contributed by atoms with Gasteiger partial charge in [0.2, 0.25) is 0 Å². The summed E-state index contributed by atoms with van der Waals surface area (Å²) in [7, 11) is 1.46. The Labute approximate surface area is 153 Å². The first kappa shape index (κ1) is 17.4. The van der Waals surface area contributed by atoms with E-state index in [-0.39, 0.29) is 35.0 Å². The normalized spacial score (nSPS) is 16.1. The maximum Gasteiger partial charge on any atom is 0.174 e. The summed E-state index contributed by atoms with van der Waals surface area (Å²) in [6.45, 7) is 0.419. The number of alkyl halides is 1. The lowest BCUT2D eigenvalue weighted by atomic mass is 9.95. The van der Waals surface area contributed by atoms with Gasteiger partial charge in [0.05, 0.1) is 20.1 Å². The number of phenolic OH excluding ortho intramolecular Hbond substituents is 2. The van der Waals surface area contributed by atoms with Crippen LogP contribution in [0.3, 0.4) is 0 Å². The molecule has 3 rings (SSSR count). The first-order valence-corrected chi connectivity index (χ1v) is 8.78. The Hall–Kier alpha value is -2.41. The molecule has 0 bridgehead atoms. The van der Waals surface area contributed by atoms with Crippen molar-refractivity contribution in [2.24, 2.45) is 0 Å². The molecule has 1 atom stereocenters. The quantitative estimate of drug-likeness (QED) is 0.735. The standard InChI is InChI=1S/C18H17BrO6/c1-23-15-3-2-10(6-12(15)20)16-9-14(22)18-13(21)7-11(24-5-4-19)8-17(18)25-16/h2-3,6-8,16,20-21H,4-5,9H2,1H3. The predicted octanol–water partition coefficient (Wildman–Crippen LogP) is 3.59. The number of fused-ring (bicyclic) bond motifs is 1. The molecule has 25 heavy (non-hydrogen) atoms. The summed E-state index contributed by atoms with van der Waals surface area (Å²) in [5.41, 5.74) is 0.795. The molecular weight excluding hydrogens is 392 g/mol. The molecule has 0 saturated heterocycles. The Morgan fingerprint density at radius 2 is 2.04 bits per heavy atom. The van der Waals surface area contributed by atoms with E-state index < -0.39 is 6.10 Å². The van der Waals surface area contributed by atoms with E-state index in [1.54, 1.807) is 18.2 Å². The van der Waals surface area contributed by atoms with E-state index in [4.69, 9.17) is 14.2 Å². The minimum absolute atomic E-state index is 0.0286. The van der Waals surface area contributed by atoms with Gasteiger partial charge in [-0.05, 0) is 17.7 Å². The van der Waals surface area contributed by atoms with Gasteiger partial charge in [-0.15, -0.1) is 0 Å². The van der Waals surface area contributed by atoms with Crippen molar-refractivity contribution in [1.29, 1.82) is 0 Å². The van der Waals surface area contributed by atoms with Crippen LogP contribution in [0.25, 0.3) is 0 Å². The molecule has 6 nitrogen and oxygen atoms in total. The second-order valence-electron chi connectivity index (χ2n) is 5.52. The number of hydrogen-bond donors (Lipinski definition) is 2. The molecule has 0 aromatic heterocycles. The average molecular weight is 409 g/mol. The molecule has 1 heterocycles. The van der Waals surface area contributed by atoms with Crippen LogP contribution in [0.5, 0.6) is 28.7 Å². The van der Waals surface area contributed by atoms with E-state index >= 15 is 0 Å². The summed E-state index contributed by atoms with van der Waals surface area (Å²) in [6, 6.07) is 7.84. The van der Waals surface area contributed by atoms with Gasteiger partial charge in [0.15, 0.2) is 17.3 Å². The summed E-state index contributed by atoms with van der Waals surface area (Å²) in [5, 5.41) is 20.7. The van der Waals surface area contributed by atoms with Crippen molar-refractivity contribution in [3.8, 4) is 28.7 Å². The Bertz CT molecular complexity index is 804. The zero-order valence-electron chi connectivity index (χ0n) is 13.5. The minimum atomic E-state index is -0.567. The summed E-state index contributed by atoms with van der Waals surface area (Å²) in [6.07, 6.45) is -0.504. The number of hydrogen-bond acceptors (Lipinski definition) is 6. The lowest BCUT2D eigenvalue weighted by molar-refractivity contribution is 0.0844. The summed E-state index contributed by atoms with van der Waals surface area (Å²) in [4.78, 5) is 12.4. The van der Waals surface area contributed by atoms with Crippen LogP contribution in [0.4, 0.5) is 0 Å². The number of benzene rings is 2. The minimum Gasteiger partial charge on any atom is -0.507 e. The van der Waals surface area contributed by atoms with E-state index in [0.29, 0.717) is 29.0 Å². The Balaban J connectivity index is 1.92. The highest BCUT2D eigenvalue weighted by Crippen LogP contribution is 2.42. The van der Waals surface area contributed by atoms with E-state index in [2.05, 4.69) is 15.9 Å². The van der Waals surface area contributed by atoms with Crippen LogP contribution < -0.4 is 14.2 Å². The Kier molecular flexibility index (Phi) is 5.03. The monoisotopic (exact) mass is 408 g/mol. The smallest absolute Gasteiger partial charge is 0.174 e. The average Bonchev–Trinajstić information content (AvgIpc) is 2.59. The van der Waals surface area contributed by atoms with E-state index in [9.17, 15) is 15.0 Å². The Morgan fingerprint density at radius 1 is 1.24 bits per heavy atom. The second-order valence-corrected chi connectivity index (χ2v) is 6.31. The first-order valence-electron chi connectivity index (χ1n) is 7.66. The van der Waals surface area contributed by atoms with Gasteiger partial charge >= 0.3 is 0 Å². The molecule has 2 aromatic carbocycles. The highest BCUT2D eigenvalue weighted by atomic mass is 79.9. The first-order chi connectivity index (χ1) is 12.0. The summed E-state index contributed by atoms with van der Waals surface area (Å²) >= 11 is 3.26. The third kappa shape index (κ3) is 3.51. The molecule has 0 saturated carbocycles. The van der Waals surface area contributed by atoms with Gasteiger partial charge in [-0.1, -0.05) is 22.0 Å². The molecule has 132 valence electrons. The number of phenols is 2. The molecule has 0 aliphatic carbocycles. The Morgan fingerprint density at radius 3 is 2.72 bits per heavy atom. The number of carbonyl (C=O) groups excluding carboxylic acids is 1. The number of methoxy groups -OCH3 is 1. The van der Waals surface area contributed by atoms with E-state index in [1.165, 1.54) is 19.2 Å². The summed E-state index contributed by atoms with van der Waals surface area (Å²) < 4.78 is 16.4. The van der Waals surface area contributed by atoms with Crippen molar-refractivity contribution < 1.29 is 29.2 Å². The number of ketones is 1. The van der Waals surface area contributed by atoms with Crippen molar-refractivity contribution >= 4 is 21.7 Å². The van der Waals surface area contributed by atoms with Gasteiger partial charge < -0.3 is 24.4 Å². The van der Waals surface area contributed by atoms with Crippen molar-refractivity contribution in [2.45, 2.75) is 12.5 Å². The van der Waals surface area contributed by atoms with Crippen LogP contribution in [0.15, 0.2) is 30.3 Å². The lowest BCUT2D eigenvalue weighted by Crippen LogP contribution is -2.20. The SMILES string of the molecule is COc1ccc(C2CC(=O)c3c(O)cc(OCCBr)cc3O2)cc1O. The largest absolute Gasteiger partial charge is 0.507 e. The second kappa shape index (κ2) is 7.23. The molecule has 2 aromatic rings. The van der Waals surface area contributed by atoms with Crippen LogP contribution in [0.1, 0.15) is 28.4 Å². The highest BCUT2D eigenvalue weighted by molar-refractivity contribution is 9.09. The van der Waals surface area contributed by atoms with Crippen molar-refractivity contribution in [3.05, 3.63) is 41.5 Å². The molecule has 0 radical (unpaired) electrons. The van der Waals surface area contributed by atoms with Crippen molar-refractivity contribution in [3.63, 3.8) is 0 Å². The van der Waals surface area contributed by atoms with Crippen molar-refractivity contribution in [1.82, 2.24) is 0 Å². The number of Topliss-reactive ketones (excluding diaryl/α,β-unsaturated/α-hetero) is 1. The fraction of sp³-hybridized carbons (Fsp3) is 0.278. The number of ether oxygens (including phenoxy) is 3. The van der Waals surface area contributed by atoms with E-state index in [1.807, 2.05) is 0 Å². The van der Waals surface area contributed by atoms with Crippen LogP contribution in [0, 0.1) is 0 Å². The molecular formula is C18H17BrO6. The third-order valence-electron chi connectivity index (χ3n) is 3.89. The molecule has 0 spiro atoms. The molecule has 1 aliphatic rings. The fourth-order valence-corrected chi connectivity index (χ4v) is 2.91. The molecule has 0 fully saturated rings.